The highest BCUT2D eigenvalue weighted by Crippen LogP contribution is 2.34. The summed E-state index contributed by atoms with van der Waals surface area (Å²) in [5.41, 5.74) is 4.58. The Morgan fingerprint density at radius 1 is 0.429 bits per heavy atom. The lowest BCUT2D eigenvalue weighted by Crippen LogP contribution is -2.10. The minimum absolute atomic E-state index is 0.627. The van der Waals surface area contributed by atoms with Gasteiger partial charge < -0.3 is 0 Å². The molecule has 0 aliphatic carbocycles. The van der Waals surface area contributed by atoms with Crippen molar-refractivity contribution >= 4 is 0 Å². The van der Waals surface area contributed by atoms with Gasteiger partial charge in [-0.2, -0.15) is 0 Å². The van der Waals surface area contributed by atoms with E-state index in [2.05, 4.69) is 80.5 Å². The first-order chi connectivity index (χ1) is 9.65. The van der Waals surface area contributed by atoms with Crippen LogP contribution < -0.4 is 0 Å². The predicted molar refractivity (Wildman–Crippen MR) is 96.2 cm³/mol. The van der Waals surface area contributed by atoms with Crippen molar-refractivity contribution < 1.29 is 0 Å². The third-order valence-electron chi connectivity index (χ3n) is 5.58. The average Bonchev–Trinajstić information content (AvgIpc) is 2.43. The van der Waals surface area contributed by atoms with Gasteiger partial charge in [0.2, 0.25) is 0 Å². The second-order valence-corrected chi connectivity index (χ2v) is 8.03. The van der Waals surface area contributed by atoms with Crippen molar-refractivity contribution in [2.24, 2.45) is 17.8 Å². The molecule has 0 aliphatic heterocycles. The van der Waals surface area contributed by atoms with E-state index >= 15 is 0 Å². The summed E-state index contributed by atoms with van der Waals surface area (Å²) in [5, 5.41) is 0. The van der Waals surface area contributed by atoms with Crippen LogP contribution in [0.5, 0.6) is 0 Å². The van der Waals surface area contributed by atoms with E-state index < -0.39 is 0 Å². The van der Waals surface area contributed by atoms with Gasteiger partial charge in [-0.1, -0.05) is 80.5 Å². The van der Waals surface area contributed by atoms with Crippen LogP contribution >= 0.6 is 0 Å². The Balaban J connectivity index is 3.32. The standard InChI is InChI=1S/C21H36/c1-13(2)16(7)19-10-20(17(8)14(3)4)12-21(11-19)18(9)15(5)6/h10-18H,1-9H3. The van der Waals surface area contributed by atoms with Crippen LogP contribution in [0.15, 0.2) is 18.2 Å². The summed E-state index contributed by atoms with van der Waals surface area (Å²) in [7, 11) is 0. The molecule has 1 aromatic rings. The fraction of sp³-hybridized carbons (Fsp3) is 0.714. The van der Waals surface area contributed by atoms with Crippen molar-refractivity contribution in [3.8, 4) is 0 Å². The van der Waals surface area contributed by atoms with Crippen LogP contribution in [-0.2, 0) is 0 Å². The van der Waals surface area contributed by atoms with Crippen LogP contribution in [0.4, 0.5) is 0 Å². The van der Waals surface area contributed by atoms with E-state index in [1.807, 2.05) is 0 Å². The summed E-state index contributed by atoms with van der Waals surface area (Å²) in [6.07, 6.45) is 0. The molecule has 0 spiro atoms. The topological polar surface area (TPSA) is 0 Å². The van der Waals surface area contributed by atoms with E-state index in [9.17, 15) is 0 Å². The highest BCUT2D eigenvalue weighted by molar-refractivity contribution is 5.36. The molecule has 1 rings (SSSR count). The Labute approximate surface area is 133 Å². The van der Waals surface area contributed by atoms with Gasteiger partial charge >= 0.3 is 0 Å². The summed E-state index contributed by atoms with van der Waals surface area (Å²) in [6.45, 7) is 21.1. The van der Waals surface area contributed by atoms with E-state index in [4.69, 9.17) is 0 Å². The van der Waals surface area contributed by atoms with E-state index in [0.29, 0.717) is 35.5 Å². The Hall–Kier alpha value is -0.780. The molecule has 0 radical (unpaired) electrons. The molecule has 3 atom stereocenters. The average molecular weight is 289 g/mol. The monoisotopic (exact) mass is 288 g/mol. The molecule has 0 heterocycles. The first-order valence-electron chi connectivity index (χ1n) is 8.79. The van der Waals surface area contributed by atoms with Gasteiger partial charge in [0.05, 0.1) is 0 Å². The van der Waals surface area contributed by atoms with Gasteiger partial charge in [-0.25, -0.2) is 0 Å². The molecule has 0 N–H and O–H groups in total. The summed E-state index contributed by atoms with van der Waals surface area (Å²) >= 11 is 0. The maximum atomic E-state index is 2.46. The van der Waals surface area contributed by atoms with Crippen molar-refractivity contribution in [1.82, 2.24) is 0 Å². The first kappa shape index (κ1) is 18.3. The van der Waals surface area contributed by atoms with Crippen molar-refractivity contribution in [2.45, 2.75) is 80.1 Å². The molecule has 0 amide bonds. The molecule has 0 aliphatic rings. The third kappa shape index (κ3) is 4.59. The van der Waals surface area contributed by atoms with Crippen LogP contribution in [0.25, 0.3) is 0 Å². The number of rotatable bonds is 6. The van der Waals surface area contributed by atoms with Crippen molar-refractivity contribution in [3.63, 3.8) is 0 Å². The maximum Gasteiger partial charge on any atom is -0.0167 e. The fourth-order valence-corrected chi connectivity index (χ4v) is 2.65. The molecule has 0 saturated carbocycles. The van der Waals surface area contributed by atoms with Gasteiger partial charge in [-0.3, -0.25) is 0 Å². The van der Waals surface area contributed by atoms with E-state index in [1.54, 1.807) is 0 Å². The summed E-state index contributed by atoms with van der Waals surface area (Å²) in [5.74, 6) is 3.96. The normalized spacial score (nSPS) is 16.6. The third-order valence-corrected chi connectivity index (χ3v) is 5.58. The molecule has 21 heavy (non-hydrogen) atoms. The smallest absolute Gasteiger partial charge is 0.0167 e. The van der Waals surface area contributed by atoms with Crippen molar-refractivity contribution in [2.75, 3.05) is 0 Å². The fourth-order valence-electron chi connectivity index (χ4n) is 2.65. The molecule has 0 bridgehead atoms. The molecule has 3 unspecified atom stereocenters. The molecule has 1 aromatic carbocycles. The van der Waals surface area contributed by atoms with Gasteiger partial charge in [0, 0.05) is 0 Å². The molecule has 0 aromatic heterocycles. The highest BCUT2D eigenvalue weighted by Gasteiger charge is 2.19. The molecule has 0 nitrogen and oxygen atoms in total. The first-order valence-corrected chi connectivity index (χ1v) is 8.79. The highest BCUT2D eigenvalue weighted by atomic mass is 14.2. The van der Waals surface area contributed by atoms with E-state index in [0.717, 1.165) is 0 Å². The molecule has 0 fully saturated rings. The lowest BCUT2D eigenvalue weighted by atomic mass is 9.80. The second kappa shape index (κ2) is 7.47. The van der Waals surface area contributed by atoms with Gasteiger partial charge in [0.1, 0.15) is 0 Å². The van der Waals surface area contributed by atoms with E-state index in [-0.39, 0.29) is 0 Å². The van der Waals surface area contributed by atoms with Crippen molar-refractivity contribution in [3.05, 3.63) is 34.9 Å². The Morgan fingerprint density at radius 2 is 0.619 bits per heavy atom. The van der Waals surface area contributed by atoms with Gasteiger partial charge in [0.15, 0.2) is 0 Å². The summed E-state index contributed by atoms with van der Waals surface area (Å²) < 4.78 is 0. The predicted octanol–water partition coefficient (Wildman–Crippen LogP) is 6.97. The lowest BCUT2D eigenvalue weighted by molar-refractivity contribution is 0.510. The van der Waals surface area contributed by atoms with Crippen LogP contribution in [0.1, 0.15) is 96.8 Å². The maximum absolute atomic E-state index is 2.46. The SMILES string of the molecule is CC(C)C(C)c1cc(C(C)C(C)C)cc(C(C)C(C)C)c1. The zero-order chi connectivity index (χ0) is 16.3. The van der Waals surface area contributed by atoms with Gasteiger partial charge in [-0.15, -0.1) is 0 Å². The van der Waals surface area contributed by atoms with Crippen LogP contribution in [0, 0.1) is 17.8 Å². The molecule has 120 valence electrons. The van der Waals surface area contributed by atoms with Crippen LogP contribution in [0.3, 0.4) is 0 Å². The number of hydrogen-bond acceptors (Lipinski definition) is 0. The quantitative estimate of drug-likeness (QED) is 0.530. The van der Waals surface area contributed by atoms with Crippen LogP contribution in [0.2, 0.25) is 0 Å². The van der Waals surface area contributed by atoms with Crippen molar-refractivity contribution in [1.29, 1.82) is 0 Å². The lowest BCUT2D eigenvalue weighted by Gasteiger charge is -2.25. The minimum atomic E-state index is 0.627. The van der Waals surface area contributed by atoms with Gasteiger partial charge in [-0.05, 0) is 52.2 Å². The molecular weight excluding hydrogens is 252 g/mol. The molecular formula is C21H36. The zero-order valence-electron chi connectivity index (χ0n) is 15.7. The Kier molecular flexibility index (Phi) is 6.50. The number of hydrogen-bond donors (Lipinski definition) is 0. The van der Waals surface area contributed by atoms with Crippen LogP contribution in [-0.4, -0.2) is 0 Å². The zero-order valence-corrected chi connectivity index (χ0v) is 15.7. The summed E-state index contributed by atoms with van der Waals surface area (Å²) in [6, 6.07) is 7.39. The van der Waals surface area contributed by atoms with E-state index in [1.165, 1.54) is 16.7 Å². The summed E-state index contributed by atoms with van der Waals surface area (Å²) in [4.78, 5) is 0. The second-order valence-electron chi connectivity index (χ2n) is 8.03. The largest absolute Gasteiger partial charge is 0.0622 e. The Bertz CT molecular complexity index is 360. The molecule has 0 heteroatoms. The molecule has 0 saturated heterocycles. The Morgan fingerprint density at radius 3 is 0.762 bits per heavy atom. The minimum Gasteiger partial charge on any atom is -0.0622 e. The van der Waals surface area contributed by atoms with Gasteiger partial charge in [0.25, 0.3) is 0 Å². The number of benzene rings is 1.